The summed E-state index contributed by atoms with van der Waals surface area (Å²) in [6.45, 7) is 8.73. The van der Waals surface area contributed by atoms with Crippen molar-refractivity contribution in [3.63, 3.8) is 0 Å². The van der Waals surface area contributed by atoms with Crippen LogP contribution in [0.1, 0.15) is 38.7 Å². The highest BCUT2D eigenvalue weighted by atomic mass is 35.5. The molecule has 0 spiro atoms. The first-order valence-electron chi connectivity index (χ1n) is 9.00. The van der Waals surface area contributed by atoms with Crippen molar-refractivity contribution < 1.29 is 4.74 Å². The van der Waals surface area contributed by atoms with Crippen molar-refractivity contribution in [1.82, 2.24) is 4.98 Å². The van der Waals surface area contributed by atoms with Crippen LogP contribution >= 0.6 is 11.6 Å². The summed E-state index contributed by atoms with van der Waals surface area (Å²) in [5.74, 6) is 0.375. The van der Waals surface area contributed by atoms with Crippen LogP contribution in [0.5, 0.6) is 0 Å². The maximum Gasteiger partial charge on any atom is 0.132 e. The molecule has 0 N–H and O–H groups in total. The average Bonchev–Trinajstić information content (AvgIpc) is 2.79. The standard InChI is InChI=1S/C22H26ClNO/c1-5-16-12-18-13-20(14(2)6-11-21(18)24-22(16)23)15(3)17-7-9-19(25-4)10-8-17/h7,9,11-13,17,19H,3,5-6,8,10H2,1-2,4H3. The summed E-state index contributed by atoms with van der Waals surface area (Å²) < 4.78 is 5.43. The highest BCUT2D eigenvalue weighted by Crippen LogP contribution is 2.32. The van der Waals surface area contributed by atoms with Gasteiger partial charge in [0.25, 0.3) is 0 Å². The van der Waals surface area contributed by atoms with Crippen molar-refractivity contribution in [2.24, 2.45) is 5.92 Å². The van der Waals surface area contributed by atoms with Crippen LogP contribution in [0.25, 0.3) is 12.2 Å². The molecular formula is C22H26ClNO. The number of allylic oxidation sites excluding steroid dienone is 4. The number of aryl methyl sites for hydroxylation is 1. The van der Waals surface area contributed by atoms with Crippen molar-refractivity contribution in [1.29, 1.82) is 0 Å². The maximum absolute atomic E-state index is 6.30. The van der Waals surface area contributed by atoms with Gasteiger partial charge in [-0.25, -0.2) is 4.98 Å². The van der Waals surface area contributed by atoms with Crippen LogP contribution in [-0.4, -0.2) is 18.2 Å². The number of hydrogen-bond acceptors (Lipinski definition) is 2. The molecule has 2 aliphatic carbocycles. The zero-order chi connectivity index (χ0) is 18.0. The number of fused-ring (bicyclic) bond motifs is 1. The molecular weight excluding hydrogens is 330 g/mol. The number of halogens is 1. The molecule has 0 amide bonds. The quantitative estimate of drug-likeness (QED) is 0.598. The molecule has 0 saturated carbocycles. The average molecular weight is 356 g/mol. The SMILES string of the molecule is C=C(C1=C(C)CC=c2nc(Cl)c(CC)cc2=C1)C1C=CC(OC)CC1. The van der Waals surface area contributed by atoms with Crippen LogP contribution in [0, 0.1) is 5.92 Å². The van der Waals surface area contributed by atoms with E-state index in [-0.39, 0.29) is 6.10 Å². The van der Waals surface area contributed by atoms with Crippen molar-refractivity contribution in [3.05, 3.63) is 62.8 Å². The third kappa shape index (κ3) is 3.80. The molecule has 0 aromatic carbocycles. The summed E-state index contributed by atoms with van der Waals surface area (Å²) in [7, 11) is 1.77. The number of nitrogens with zero attached hydrogens (tertiary/aromatic N) is 1. The Hall–Kier alpha value is -1.64. The van der Waals surface area contributed by atoms with Gasteiger partial charge in [0.05, 0.1) is 11.5 Å². The lowest BCUT2D eigenvalue weighted by Crippen LogP contribution is -2.29. The van der Waals surface area contributed by atoms with Crippen molar-refractivity contribution >= 4 is 23.8 Å². The van der Waals surface area contributed by atoms with E-state index >= 15 is 0 Å². The van der Waals surface area contributed by atoms with Gasteiger partial charge in [-0.1, -0.05) is 48.9 Å². The molecule has 2 aliphatic rings. The summed E-state index contributed by atoms with van der Waals surface area (Å²) in [5.41, 5.74) is 4.87. The Morgan fingerprint density at radius 1 is 1.36 bits per heavy atom. The number of methoxy groups -OCH3 is 1. The Bertz CT molecular complexity index is 863. The largest absolute Gasteiger partial charge is 0.377 e. The molecule has 0 aliphatic heterocycles. The molecule has 3 heteroatoms. The van der Waals surface area contributed by atoms with E-state index in [1.165, 1.54) is 16.7 Å². The minimum absolute atomic E-state index is 0.241. The zero-order valence-electron chi connectivity index (χ0n) is 15.3. The van der Waals surface area contributed by atoms with E-state index in [0.29, 0.717) is 11.1 Å². The van der Waals surface area contributed by atoms with Gasteiger partial charge in [0.15, 0.2) is 0 Å². The topological polar surface area (TPSA) is 22.1 Å². The van der Waals surface area contributed by atoms with Gasteiger partial charge in [-0.15, -0.1) is 0 Å². The second-order valence-corrected chi connectivity index (χ2v) is 7.24. The Kier molecular flexibility index (Phi) is 5.61. The second-order valence-electron chi connectivity index (χ2n) is 6.88. The molecule has 1 aromatic rings. The Morgan fingerprint density at radius 2 is 2.16 bits per heavy atom. The molecule has 3 rings (SSSR count). The number of ether oxygens (including phenoxy) is 1. The fourth-order valence-corrected chi connectivity index (χ4v) is 3.86. The van der Waals surface area contributed by atoms with Gasteiger partial charge in [0, 0.05) is 18.2 Å². The zero-order valence-corrected chi connectivity index (χ0v) is 16.1. The highest BCUT2D eigenvalue weighted by molar-refractivity contribution is 6.30. The normalized spacial score (nSPS) is 22.7. The first-order valence-corrected chi connectivity index (χ1v) is 9.38. The predicted molar refractivity (Wildman–Crippen MR) is 106 cm³/mol. The lowest BCUT2D eigenvalue weighted by Gasteiger charge is -2.25. The van der Waals surface area contributed by atoms with Gasteiger partial charge in [-0.3, -0.25) is 0 Å². The lowest BCUT2D eigenvalue weighted by atomic mass is 9.83. The fraction of sp³-hybridized carbons (Fsp3) is 0.409. The van der Waals surface area contributed by atoms with Crippen LogP contribution in [0.4, 0.5) is 0 Å². The van der Waals surface area contributed by atoms with E-state index in [4.69, 9.17) is 16.3 Å². The van der Waals surface area contributed by atoms with Gasteiger partial charge >= 0.3 is 0 Å². The summed E-state index contributed by atoms with van der Waals surface area (Å²) in [6, 6.07) is 2.17. The van der Waals surface area contributed by atoms with Crippen LogP contribution in [0.3, 0.4) is 0 Å². The fourth-order valence-electron chi connectivity index (χ4n) is 3.58. The molecule has 0 radical (unpaired) electrons. The first-order chi connectivity index (χ1) is 12.0. The Morgan fingerprint density at radius 3 is 2.80 bits per heavy atom. The number of pyridine rings is 1. The Balaban J connectivity index is 1.99. The molecule has 1 aromatic heterocycles. The van der Waals surface area contributed by atoms with Crippen molar-refractivity contribution in [2.45, 2.75) is 45.6 Å². The number of hydrogen-bond donors (Lipinski definition) is 0. The van der Waals surface area contributed by atoms with E-state index < -0.39 is 0 Å². The highest BCUT2D eigenvalue weighted by Gasteiger charge is 2.20. The third-order valence-corrected chi connectivity index (χ3v) is 5.60. The summed E-state index contributed by atoms with van der Waals surface area (Å²) in [4.78, 5) is 4.60. The van der Waals surface area contributed by atoms with E-state index in [1.807, 2.05) is 0 Å². The molecule has 132 valence electrons. The number of rotatable bonds is 4. The summed E-state index contributed by atoms with van der Waals surface area (Å²) >= 11 is 6.30. The van der Waals surface area contributed by atoms with E-state index in [1.54, 1.807) is 7.11 Å². The van der Waals surface area contributed by atoms with Gasteiger partial charge < -0.3 is 4.74 Å². The number of aromatic nitrogens is 1. The van der Waals surface area contributed by atoms with Crippen LogP contribution < -0.4 is 10.6 Å². The minimum atomic E-state index is 0.241. The first kappa shape index (κ1) is 18.2. The van der Waals surface area contributed by atoms with Crippen molar-refractivity contribution in [3.8, 4) is 0 Å². The maximum atomic E-state index is 6.30. The predicted octanol–water partition coefficient (Wildman–Crippen LogP) is 4.12. The van der Waals surface area contributed by atoms with E-state index in [0.717, 1.165) is 41.8 Å². The van der Waals surface area contributed by atoms with Gasteiger partial charge in [-0.2, -0.15) is 0 Å². The molecule has 2 unspecified atom stereocenters. The minimum Gasteiger partial charge on any atom is -0.377 e. The van der Waals surface area contributed by atoms with Gasteiger partial charge in [-0.05, 0) is 61.5 Å². The Labute approximate surface area is 155 Å². The summed E-state index contributed by atoms with van der Waals surface area (Å²) in [5, 5.41) is 2.73. The van der Waals surface area contributed by atoms with Gasteiger partial charge in [0.2, 0.25) is 0 Å². The second kappa shape index (κ2) is 7.72. The van der Waals surface area contributed by atoms with E-state index in [9.17, 15) is 0 Å². The molecule has 1 heterocycles. The molecule has 0 fully saturated rings. The molecule has 0 saturated heterocycles. The summed E-state index contributed by atoms with van der Waals surface area (Å²) in [6.07, 6.45) is 13.0. The molecule has 25 heavy (non-hydrogen) atoms. The lowest BCUT2D eigenvalue weighted by molar-refractivity contribution is 0.124. The van der Waals surface area contributed by atoms with Crippen LogP contribution in [-0.2, 0) is 11.2 Å². The van der Waals surface area contributed by atoms with Crippen LogP contribution in [0.15, 0.2) is 41.5 Å². The molecule has 2 nitrogen and oxygen atoms in total. The van der Waals surface area contributed by atoms with Crippen LogP contribution in [0.2, 0.25) is 5.15 Å². The van der Waals surface area contributed by atoms with E-state index in [2.05, 4.69) is 55.8 Å². The molecule has 0 bridgehead atoms. The smallest absolute Gasteiger partial charge is 0.132 e. The van der Waals surface area contributed by atoms with Gasteiger partial charge in [0.1, 0.15) is 5.15 Å². The monoisotopic (exact) mass is 355 g/mol. The third-order valence-electron chi connectivity index (χ3n) is 5.27. The van der Waals surface area contributed by atoms with Crippen molar-refractivity contribution in [2.75, 3.05) is 7.11 Å². The molecule has 2 atom stereocenters.